The van der Waals surface area contributed by atoms with E-state index < -0.39 is 0 Å². The molecule has 1 aromatic heterocycles. The Balaban J connectivity index is 1.89. The molecule has 1 saturated heterocycles. The predicted octanol–water partition coefficient (Wildman–Crippen LogP) is 3.72. The lowest BCUT2D eigenvalue weighted by atomic mass is 9.96. The Morgan fingerprint density at radius 1 is 1.23 bits per heavy atom. The highest BCUT2D eigenvalue weighted by Gasteiger charge is 2.29. The zero-order chi connectivity index (χ0) is 14.9. The molecule has 1 unspecified atom stereocenters. The van der Waals surface area contributed by atoms with Gasteiger partial charge in [0.1, 0.15) is 0 Å². The maximum atomic E-state index is 9.45. The van der Waals surface area contributed by atoms with Crippen molar-refractivity contribution in [2.75, 3.05) is 18.1 Å². The first-order chi connectivity index (χ1) is 10.9. The van der Waals surface area contributed by atoms with Crippen molar-refractivity contribution in [3.8, 4) is 0 Å². The van der Waals surface area contributed by atoms with Crippen LogP contribution in [0, 0.1) is 0 Å². The van der Waals surface area contributed by atoms with Gasteiger partial charge in [-0.05, 0) is 31.7 Å². The minimum atomic E-state index is 0.279. The van der Waals surface area contributed by atoms with Gasteiger partial charge in [0.05, 0.1) is 16.9 Å². The van der Waals surface area contributed by atoms with Gasteiger partial charge in [0.15, 0.2) is 0 Å². The standard InChI is InChI=1S/C18H22N2OS/c21-10-8-13-5-3-4-9-20(13)18-14-6-1-2-7-16(14)19-17-12-22-11-15(17)18/h1-2,6-7,13,21H,3-5,8-12H2. The van der Waals surface area contributed by atoms with Crippen molar-refractivity contribution in [1.29, 1.82) is 0 Å². The number of benzene rings is 1. The third-order valence-electron chi connectivity index (χ3n) is 4.91. The number of para-hydroxylation sites is 1. The van der Waals surface area contributed by atoms with E-state index in [9.17, 15) is 5.11 Å². The molecule has 2 aliphatic heterocycles. The Bertz CT molecular complexity index is 686. The van der Waals surface area contributed by atoms with Gasteiger partial charge in [-0.2, -0.15) is 11.8 Å². The van der Waals surface area contributed by atoms with E-state index in [4.69, 9.17) is 4.98 Å². The first kappa shape index (κ1) is 14.3. The van der Waals surface area contributed by atoms with Crippen molar-refractivity contribution in [1.82, 2.24) is 4.98 Å². The van der Waals surface area contributed by atoms with E-state index in [2.05, 4.69) is 29.2 Å². The Morgan fingerprint density at radius 3 is 3.05 bits per heavy atom. The average Bonchev–Trinajstić information content (AvgIpc) is 3.01. The van der Waals surface area contributed by atoms with Gasteiger partial charge in [-0.15, -0.1) is 0 Å². The summed E-state index contributed by atoms with van der Waals surface area (Å²) in [6.07, 6.45) is 4.60. The molecule has 1 aromatic carbocycles. The number of nitrogens with zero attached hydrogens (tertiary/aromatic N) is 2. The quantitative estimate of drug-likeness (QED) is 0.936. The van der Waals surface area contributed by atoms with Crippen LogP contribution in [0.5, 0.6) is 0 Å². The number of aliphatic hydroxyl groups excluding tert-OH is 1. The van der Waals surface area contributed by atoms with Crippen LogP contribution in [0.3, 0.4) is 0 Å². The van der Waals surface area contributed by atoms with Crippen molar-refractivity contribution in [3.05, 3.63) is 35.5 Å². The fraction of sp³-hybridized carbons (Fsp3) is 0.500. The molecule has 3 nitrogen and oxygen atoms in total. The maximum absolute atomic E-state index is 9.45. The van der Waals surface area contributed by atoms with Crippen molar-refractivity contribution >= 4 is 28.4 Å². The molecular weight excluding hydrogens is 292 g/mol. The second-order valence-electron chi connectivity index (χ2n) is 6.25. The van der Waals surface area contributed by atoms with Crippen LogP contribution in [0.15, 0.2) is 24.3 Å². The molecule has 0 spiro atoms. The number of anilines is 1. The summed E-state index contributed by atoms with van der Waals surface area (Å²) in [4.78, 5) is 7.46. The van der Waals surface area contributed by atoms with Crippen molar-refractivity contribution < 1.29 is 5.11 Å². The summed E-state index contributed by atoms with van der Waals surface area (Å²) in [5.41, 5.74) is 5.23. The summed E-state index contributed by atoms with van der Waals surface area (Å²) >= 11 is 1.97. The maximum Gasteiger partial charge on any atom is 0.0726 e. The third kappa shape index (κ3) is 2.38. The summed E-state index contributed by atoms with van der Waals surface area (Å²) in [6, 6.07) is 9.01. The first-order valence-corrected chi connectivity index (χ1v) is 9.39. The average molecular weight is 314 g/mol. The highest BCUT2D eigenvalue weighted by molar-refractivity contribution is 7.98. The number of hydrogen-bond donors (Lipinski definition) is 1. The lowest BCUT2D eigenvalue weighted by Gasteiger charge is -2.39. The van der Waals surface area contributed by atoms with Gasteiger partial charge in [-0.25, -0.2) is 0 Å². The molecule has 22 heavy (non-hydrogen) atoms. The van der Waals surface area contributed by atoms with Crippen LogP contribution in [0.25, 0.3) is 10.9 Å². The van der Waals surface area contributed by atoms with Gasteiger partial charge >= 0.3 is 0 Å². The van der Waals surface area contributed by atoms with Crippen LogP contribution in [-0.2, 0) is 11.5 Å². The molecule has 0 amide bonds. The Hall–Kier alpha value is -1.26. The van der Waals surface area contributed by atoms with E-state index in [1.807, 2.05) is 11.8 Å². The lowest BCUT2D eigenvalue weighted by Crippen LogP contribution is -2.40. The number of fused-ring (bicyclic) bond motifs is 2. The molecule has 0 aliphatic carbocycles. The van der Waals surface area contributed by atoms with Crippen molar-refractivity contribution in [2.45, 2.75) is 43.2 Å². The van der Waals surface area contributed by atoms with Gasteiger partial charge in [0.25, 0.3) is 0 Å². The Labute approximate surface area is 135 Å². The minimum Gasteiger partial charge on any atom is -0.396 e. The molecule has 116 valence electrons. The zero-order valence-electron chi connectivity index (χ0n) is 12.8. The van der Waals surface area contributed by atoms with E-state index in [-0.39, 0.29) is 6.61 Å². The monoisotopic (exact) mass is 314 g/mol. The molecule has 4 heteroatoms. The smallest absolute Gasteiger partial charge is 0.0726 e. The number of aromatic nitrogens is 1. The highest BCUT2D eigenvalue weighted by Crippen LogP contribution is 2.42. The summed E-state index contributed by atoms with van der Waals surface area (Å²) in [6.45, 7) is 1.39. The zero-order valence-corrected chi connectivity index (χ0v) is 13.6. The predicted molar refractivity (Wildman–Crippen MR) is 93.4 cm³/mol. The van der Waals surface area contributed by atoms with Crippen LogP contribution in [0.4, 0.5) is 5.69 Å². The van der Waals surface area contributed by atoms with Gasteiger partial charge in [0, 0.05) is 41.6 Å². The second-order valence-corrected chi connectivity index (χ2v) is 7.24. The number of hydrogen-bond acceptors (Lipinski definition) is 4. The van der Waals surface area contributed by atoms with E-state index in [1.165, 1.54) is 41.6 Å². The molecular formula is C18H22N2OS. The fourth-order valence-corrected chi connectivity index (χ4v) is 4.92. The van der Waals surface area contributed by atoms with Crippen LogP contribution in [-0.4, -0.2) is 29.3 Å². The number of pyridine rings is 1. The van der Waals surface area contributed by atoms with E-state index in [1.54, 1.807) is 0 Å². The molecule has 3 heterocycles. The second kappa shape index (κ2) is 6.09. The van der Waals surface area contributed by atoms with Crippen LogP contribution >= 0.6 is 11.8 Å². The highest BCUT2D eigenvalue weighted by atomic mass is 32.2. The van der Waals surface area contributed by atoms with E-state index in [0.29, 0.717) is 6.04 Å². The number of aliphatic hydroxyl groups is 1. The third-order valence-corrected chi connectivity index (χ3v) is 5.88. The summed E-state index contributed by atoms with van der Waals surface area (Å²) in [5.74, 6) is 2.11. The first-order valence-electron chi connectivity index (χ1n) is 8.24. The Kier molecular flexibility index (Phi) is 3.97. The number of thioether (sulfide) groups is 1. The van der Waals surface area contributed by atoms with Gasteiger partial charge in [-0.1, -0.05) is 18.2 Å². The Morgan fingerprint density at radius 2 is 2.14 bits per heavy atom. The molecule has 1 fully saturated rings. The largest absolute Gasteiger partial charge is 0.396 e. The van der Waals surface area contributed by atoms with Crippen molar-refractivity contribution in [2.24, 2.45) is 0 Å². The lowest BCUT2D eigenvalue weighted by molar-refractivity contribution is 0.262. The van der Waals surface area contributed by atoms with Gasteiger partial charge in [-0.3, -0.25) is 4.98 Å². The van der Waals surface area contributed by atoms with Crippen LogP contribution in [0.2, 0.25) is 0 Å². The molecule has 0 saturated carbocycles. The SMILES string of the molecule is OCCC1CCCCN1c1c2c(nc3ccccc13)CSC2. The minimum absolute atomic E-state index is 0.279. The van der Waals surface area contributed by atoms with Gasteiger partial charge in [0.2, 0.25) is 0 Å². The normalized spacial score (nSPS) is 21.3. The summed E-state index contributed by atoms with van der Waals surface area (Å²) < 4.78 is 0. The van der Waals surface area contributed by atoms with Gasteiger partial charge < -0.3 is 10.0 Å². The molecule has 0 radical (unpaired) electrons. The topological polar surface area (TPSA) is 36.4 Å². The molecule has 4 rings (SSSR count). The molecule has 2 aliphatic rings. The van der Waals surface area contributed by atoms with Crippen LogP contribution in [0.1, 0.15) is 36.9 Å². The van der Waals surface area contributed by atoms with E-state index in [0.717, 1.165) is 30.0 Å². The van der Waals surface area contributed by atoms with Crippen LogP contribution < -0.4 is 4.90 Å². The summed E-state index contributed by atoms with van der Waals surface area (Å²) in [7, 11) is 0. The number of rotatable bonds is 3. The van der Waals surface area contributed by atoms with E-state index >= 15 is 0 Å². The molecule has 1 atom stereocenters. The van der Waals surface area contributed by atoms with Crippen molar-refractivity contribution in [3.63, 3.8) is 0 Å². The number of piperidine rings is 1. The molecule has 0 bridgehead atoms. The summed E-state index contributed by atoms with van der Waals surface area (Å²) in [5, 5.41) is 10.7. The molecule has 1 N–H and O–H groups in total. The fourth-order valence-electron chi connectivity index (χ4n) is 3.88. The molecule has 2 aromatic rings.